The molecule has 8 nitrogen and oxygen atoms in total. The Morgan fingerprint density at radius 2 is 2.09 bits per heavy atom. The lowest BCUT2D eigenvalue weighted by Crippen LogP contribution is -2.50. The van der Waals surface area contributed by atoms with Gasteiger partial charge in [0.2, 0.25) is 18.2 Å². The van der Waals surface area contributed by atoms with Crippen LogP contribution in [-0.4, -0.2) is 54.6 Å². The number of pyridine rings is 1. The summed E-state index contributed by atoms with van der Waals surface area (Å²) in [4.78, 5) is 29.1. The number of hydrogen-bond acceptors (Lipinski definition) is 6. The number of carbonyl (C=O) groups is 2. The summed E-state index contributed by atoms with van der Waals surface area (Å²) < 4.78 is 11.8. The SMILES string of the molecule is CC(C)(C)CC(C[C@H](CNC=O)Oc1nccc2ccccc12)C(=O)NC1B(O)OCC1C1CC1. The molecule has 1 aromatic heterocycles. The second-order valence-electron chi connectivity index (χ2n) is 11.1. The lowest BCUT2D eigenvalue weighted by molar-refractivity contribution is -0.127. The first-order valence-corrected chi connectivity index (χ1v) is 12.5. The van der Waals surface area contributed by atoms with E-state index in [4.69, 9.17) is 9.39 Å². The zero-order valence-corrected chi connectivity index (χ0v) is 20.8. The summed E-state index contributed by atoms with van der Waals surface area (Å²) in [6.45, 7) is 7.02. The molecule has 1 aromatic carbocycles. The molecule has 1 saturated carbocycles. The van der Waals surface area contributed by atoms with Gasteiger partial charge >= 0.3 is 7.12 Å². The van der Waals surface area contributed by atoms with Gasteiger partial charge in [-0.05, 0) is 54.5 Å². The standard InChI is InChI=1S/C26H36BN3O5/c1-26(2,3)13-19(24(32)30-23-22(18-8-9-18)15-34-27(23)33)12-20(14-28-16-31)35-25-21-7-5-4-6-17(21)10-11-29-25/h4-7,10-11,16,18-20,22-23,33H,8-9,12-15H2,1-3H3,(H,28,31)(H,30,32)/t19?,20-,22?,23?/m1/s1. The topological polar surface area (TPSA) is 110 Å². The molecule has 2 amide bonds. The van der Waals surface area contributed by atoms with E-state index in [2.05, 4.69) is 36.4 Å². The van der Waals surface area contributed by atoms with Gasteiger partial charge in [0.25, 0.3) is 0 Å². The first-order chi connectivity index (χ1) is 16.7. The van der Waals surface area contributed by atoms with Crippen LogP contribution in [0.25, 0.3) is 10.8 Å². The van der Waals surface area contributed by atoms with Crippen LogP contribution in [0.2, 0.25) is 0 Å². The van der Waals surface area contributed by atoms with Crippen LogP contribution in [0.15, 0.2) is 36.5 Å². The first-order valence-electron chi connectivity index (χ1n) is 12.5. The van der Waals surface area contributed by atoms with E-state index in [1.807, 2.05) is 30.3 Å². The zero-order chi connectivity index (χ0) is 25.0. The molecular weight excluding hydrogens is 445 g/mol. The van der Waals surface area contributed by atoms with E-state index >= 15 is 0 Å². The monoisotopic (exact) mass is 481 g/mol. The number of benzene rings is 1. The molecule has 0 radical (unpaired) electrons. The fraction of sp³-hybridized carbons (Fsp3) is 0.577. The van der Waals surface area contributed by atoms with Gasteiger partial charge < -0.3 is 25.0 Å². The maximum Gasteiger partial charge on any atom is 0.478 e. The van der Waals surface area contributed by atoms with Crippen molar-refractivity contribution in [1.29, 1.82) is 0 Å². The minimum Gasteiger partial charge on any atom is -0.472 e. The molecule has 3 unspecified atom stereocenters. The van der Waals surface area contributed by atoms with Gasteiger partial charge in [-0.15, -0.1) is 0 Å². The van der Waals surface area contributed by atoms with Crippen molar-refractivity contribution in [2.75, 3.05) is 13.2 Å². The summed E-state index contributed by atoms with van der Waals surface area (Å²) in [6, 6.07) is 9.74. The number of fused-ring (bicyclic) bond motifs is 1. The van der Waals surface area contributed by atoms with Crippen molar-refractivity contribution in [2.45, 2.75) is 58.5 Å². The Labute approximate surface area is 207 Å². The lowest BCUT2D eigenvalue weighted by Gasteiger charge is -2.30. The number of aromatic nitrogens is 1. The summed E-state index contributed by atoms with van der Waals surface area (Å²) in [6.07, 6.45) is 5.13. The van der Waals surface area contributed by atoms with Crippen LogP contribution in [-0.2, 0) is 14.2 Å². The molecule has 1 aliphatic heterocycles. The van der Waals surface area contributed by atoms with Gasteiger partial charge in [-0.25, -0.2) is 4.98 Å². The summed E-state index contributed by atoms with van der Waals surface area (Å²) >= 11 is 0. The molecule has 188 valence electrons. The van der Waals surface area contributed by atoms with Gasteiger partial charge in [-0.3, -0.25) is 9.59 Å². The highest BCUT2D eigenvalue weighted by Gasteiger charge is 2.49. The van der Waals surface area contributed by atoms with E-state index in [0.29, 0.717) is 37.7 Å². The summed E-state index contributed by atoms with van der Waals surface area (Å²) in [5.41, 5.74) is -0.108. The minimum atomic E-state index is -0.983. The zero-order valence-electron chi connectivity index (χ0n) is 20.8. The molecule has 1 aliphatic carbocycles. The van der Waals surface area contributed by atoms with Gasteiger partial charge in [-0.1, -0.05) is 39.0 Å². The normalized spacial score (nSPS) is 22.0. The second kappa shape index (κ2) is 11.0. The highest BCUT2D eigenvalue weighted by molar-refractivity contribution is 6.46. The van der Waals surface area contributed by atoms with Crippen LogP contribution < -0.4 is 15.4 Å². The maximum absolute atomic E-state index is 13.5. The third-order valence-corrected chi connectivity index (χ3v) is 6.89. The third-order valence-electron chi connectivity index (χ3n) is 6.89. The van der Waals surface area contributed by atoms with Crippen molar-refractivity contribution >= 4 is 30.2 Å². The molecule has 2 aromatic rings. The van der Waals surface area contributed by atoms with Crippen molar-refractivity contribution in [3.63, 3.8) is 0 Å². The molecule has 4 rings (SSSR count). The smallest absolute Gasteiger partial charge is 0.472 e. The van der Waals surface area contributed by atoms with Crippen molar-refractivity contribution < 1.29 is 24.0 Å². The minimum absolute atomic E-state index is 0.108. The molecule has 3 N–H and O–H groups in total. The fourth-order valence-electron chi connectivity index (χ4n) is 5.08. The number of ether oxygens (including phenoxy) is 1. The largest absolute Gasteiger partial charge is 0.478 e. The Morgan fingerprint density at radius 3 is 2.80 bits per heavy atom. The predicted octanol–water partition coefficient (Wildman–Crippen LogP) is 2.73. The molecule has 35 heavy (non-hydrogen) atoms. The van der Waals surface area contributed by atoms with Crippen LogP contribution in [0.4, 0.5) is 0 Å². The van der Waals surface area contributed by atoms with Crippen LogP contribution in [0.3, 0.4) is 0 Å². The highest BCUT2D eigenvalue weighted by Crippen LogP contribution is 2.41. The van der Waals surface area contributed by atoms with Crippen molar-refractivity contribution in [2.24, 2.45) is 23.2 Å². The Bertz CT molecular complexity index is 1020. The summed E-state index contributed by atoms with van der Waals surface area (Å²) in [5, 5.41) is 18.1. The number of hydrogen-bond donors (Lipinski definition) is 3. The number of amides is 2. The van der Waals surface area contributed by atoms with Crippen LogP contribution >= 0.6 is 0 Å². The van der Waals surface area contributed by atoms with E-state index in [1.165, 1.54) is 0 Å². The van der Waals surface area contributed by atoms with E-state index < -0.39 is 19.2 Å². The first kappa shape index (κ1) is 25.4. The van der Waals surface area contributed by atoms with Crippen LogP contribution in [0.1, 0.15) is 46.5 Å². The van der Waals surface area contributed by atoms with Gasteiger partial charge in [0.1, 0.15) is 6.10 Å². The van der Waals surface area contributed by atoms with E-state index in [-0.39, 0.29) is 29.7 Å². The average Bonchev–Trinajstić information content (AvgIpc) is 3.60. The predicted molar refractivity (Wildman–Crippen MR) is 134 cm³/mol. The molecule has 1 saturated heterocycles. The number of nitrogens with zero attached hydrogens (tertiary/aromatic N) is 1. The van der Waals surface area contributed by atoms with Crippen LogP contribution in [0, 0.1) is 23.2 Å². The van der Waals surface area contributed by atoms with Crippen molar-refractivity contribution in [3.05, 3.63) is 36.5 Å². The molecule has 2 aliphatic rings. The fourth-order valence-corrected chi connectivity index (χ4v) is 5.08. The number of rotatable bonds is 11. The lowest BCUT2D eigenvalue weighted by atomic mass is 9.73. The molecule has 0 bridgehead atoms. The van der Waals surface area contributed by atoms with Gasteiger partial charge in [-0.2, -0.15) is 0 Å². The Kier molecular flexibility index (Phi) is 7.96. The summed E-state index contributed by atoms with van der Waals surface area (Å²) in [5.74, 6) is 0.229. The molecule has 9 heteroatoms. The van der Waals surface area contributed by atoms with E-state index in [1.54, 1.807) is 6.20 Å². The molecule has 0 spiro atoms. The van der Waals surface area contributed by atoms with Gasteiger partial charge in [0.05, 0.1) is 12.5 Å². The van der Waals surface area contributed by atoms with Crippen LogP contribution in [0.5, 0.6) is 5.88 Å². The molecule has 4 atom stereocenters. The number of nitrogens with one attached hydrogen (secondary N) is 2. The molecule has 2 heterocycles. The Hall–Kier alpha value is -2.65. The Balaban J connectivity index is 1.52. The van der Waals surface area contributed by atoms with E-state index in [0.717, 1.165) is 23.6 Å². The van der Waals surface area contributed by atoms with E-state index in [9.17, 15) is 14.6 Å². The Morgan fingerprint density at radius 1 is 1.31 bits per heavy atom. The van der Waals surface area contributed by atoms with Crippen molar-refractivity contribution in [1.82, 2.24) is 15.6 Å². The third kappa shape index (κ3) is 6.73. The maximum atomic E-state index is 13.5. The average molecular weight is 481 g/mol. The quantitative estimate of drug-likeness (QED) is 0.336. The molecular formula is C26H36BN3O5. The van der Waals surface area contributed by atoms with Crippen molar-refractivity contribution in [3.8, 4) is 5.88 Å². The molecule has 2 fully saturated rings. The number of carbonyl (C=O) groups excluding carboxylic acids is 2. The second-order valence-corrected chi connectivity index (χ2v) is 11.1. The summed E-state index contributed by atoms with van der Waals surface area (Å²) in [7, 11) is -0.983. The van der Waals surface area contributed by atoms with Gasteiger partial charge in [0, 0.05) is 30.0 Å². The van der Waals surface area contributed by atoms with Gasteiger partial charge in [0.15, 0.2) is 0 Å². The highest BCUT2D eigenvalue weighted by atomic mass is 16.5.